The number of para-hydroxylation sites is 1. The van der Waals surface area contributed by atoms with Gasteiger partial charge >= 0.3 is 0 Å². The number of nitrogens with two attached hydrogens (primary N) is 1. The minimum atomic E-state index is -1.82. The summed E-state index contributed by atoms with van der Waals surface area (Å²) in [6, 6.07) is 9.62. The SMILES string of the molecule is CC(=O)N[C@@H](CC(C)C)C(=O)N[C@H](C(=O)N[C@@H](Cc1ccccc1)C(=O)N[C@]1(C)CCCCCC/C=C/CCC[C@@](C)(C(=O)N[C@@H](CO)C(=O)NC(C)C(=O)N[C@@H](C)C(N)=O)NC(=O)[C@H](CCC(C)C)CCC(=O)[C@H](Cc2c[nH]c3ccccc23)NC(=O)[C@H](Cc2ccc(O)cc2)NC(=O)C(C)NC1=O)[C@@H](C)O. The molecule has 4 aromatic rings. The molecule has 17 N–H and O–H groups in total. The molecule has 0 saturated heterocycles. The molecule has 592 valence electrons. The number of nitrogens with one attached hydrogen (secondary N) is 12. The predicted molar refractivity (Wildman–Crippen MR) is 407 cm³/mol. The lowest BCUT2D eigenvalue weighted by Crippen LogP contribution is -2.64. The number of benzene rings is 3. The van der Waals surface area contributed by atoms with Gasteiger partial charge in [0, 0.05) is 55.6 Å². The molecule has 29 heteroatoms. The predicted octanol–water partition coefficient (Wildman–Crippen LogP) is 3.48. The van der Waals surface area contributed by atoms with Crippen molar-refractivity contribution in [2.24, 2.45) is 23.5 Å². The molecule has 0 saturated carbocycles. The Bertz CT molecular complexity index is 3750. The molecule has 13 atom stereocenters. The van der Waals surface area contributed by atoms with Crippen molar-refractivity contribution >= 4 is 87.6 Å². The molecular formula is C79H115N13O16. The third kappa shape index (κ3) is 28.6. The summed E-state index contributed by atoms with van der Waals surface area (Å²) in [5, 5.41) is 62.0. The van der Waals surface area contributed by atoms with Crippen LogP contribution in [0.15, 0.2) is 97.2 Å². The normalized spacial score (nSPS) is 22.2. The number of carbonyl (C=O) groups excluding carboxylic acids is 13. The van der Waals surface area contributed by atoms with Crippen molar-refractivity contribution in [2.45, 2.75) is 257 Å². The summed E-state index contributed by atoms with van der Waals surface area (Å²) >= 11 is 0. The zero-order chi connectivity index (χ0) is 80.0. The molecule has 108 heavy (non-hydrogen) atoms. The maximum atomic E-state index is 15.2. The minimum Gasteiger partial charge on any atom is -0.508 e. The lowest BCUT2D eigenvalue weighted by atomic mass is 9.87. The number of amides is 12. The van der Waals surface area contributed by atoms with Crippen molar-refractivity contribution in [2.75, 3.05) is 6.61 Å². The molecule has 2 unspecified atom stereocenters. The quantitative estimate of drug-likeness (QED) is 0.0380. The van der Waals surface area contributed by atoms with Gasteiger partial charge in [0.1, 0.15) is 65.2 Å². The van der Waals surface area contributed by atoms with Gasteiger partial charge in [0.2, 0.25) is 70.9 Å². The number of aromatic hydroxyl groups is 1. The Morgan fingerprint density at radius 2 is 1.24 bits per heavy atom. The first-order valence-corrected chi connectivity index (χ1v) is 37.5. The molecule has 0 radical (unpaired) electrons. The van der Waals surface area contributed by atoms with Crippen LogP contribution in [0.4, 0.5) is 0 Å². The van der Waals surface area contributed by atoms with E-state index in [2.05, 4.69) is 63.5 Å². The van der Waals surface area contributed by atoms with E-state index in [1.165, 1.54) is 60.6 Å². The second kappa shape index (κ2) is 43.1. The lowest BCUT2D eigenvalue weighted by Gasteiger charge is -2.33. The number of fused-ring (bicyclic) bond motifs is 1. The van der Waals surface area contributed by atoms with Crippen LogP contribution in [0.3, 0.4) is 0 Å². The smallest absolute Gasteiger partial charge is 0.246 e. The van der Waals surface area contributed by atoms with Gasteiger partial charge < -0.3 is 84.5 Å². The standard InChI is InChI=1S/C79H115N13O16/c1-46(2)30-33-55-34-37-65(97)60(43-56-44-81-59-29-23-22-28-58(56)59)86-71(102)62(42-54-31-35-57(96)36-32-54)87-69(100)50(7)84-76(107)78(10,92-74(105)63(41-53-26-20-19-21-27-53)88-75(106)66(51(8)94)90-72(103)61(40-47(3)4)85-52(9)95)38-24-17-15-13-12-14-16-18-25-39-79(11,91-70(55)101)77(108)89-64(45-93)73(104)83-49(6)68(99)82-48(5)67(80)98/h14,16,19-23,26-29,31-32,35-36,44,46-51,55,60-64,66,81,93-94,96H,12-13,15,17-18,24-25,30,33-34,37-43,45H2,1-11H3,(H2,80,98)(H,82,99)(H,83,104)(H,84,107)(H,85,95)(H,86,102)(H,87,100)(H,88,106)(H,89,108)(H,90,103)(H,91,101)(H,92,105)/b16-14+/t48-,49?,50?,51+,55+,60-,61-,62-,63-,64-,66-,78+,79-/m0/s1. The van der Waals surface area contributed by atoms with E-state index in [1.54, 1.807) is 48.7 Å². The van der Waals surface area contributed by atoms with Crippen molar-refractivity contribution < 1.29 is 77.6 Å². The molecule has 0 aliphatic carbocycles. The monoisotopic (exact) mass is 1500 g/mol. The number of ketones is 1. The summed E-state index contributed by atoms with van der Waals surface area (Å²) < 4.78 is 0. The highest BCUT2D eigenvalue weighted by atomic mass is 16.3. The molecule has 0 bridgehead atoms. The average molecular weight is 1500 g/mol. The summed E-state index contributed by atoms with van der Waals surface area (Å²) in [4.78, 5) is 186. The van der Waals surface area contributed by atoms with E-state index in [0.717, 1.165) is 10.9 Å². The highest BCUT2D eigenvalue weighted by Crippen LogP contribution is 2.26. The van der Waals surface area contributed by atoms with E-state index < -0.39 is 161 Å². The van der Waals surface area contributed by atoms with Crippen molar-refractivity contribution in [1.29, 1.82) is 0 Å². The maximum absolute atomic E-state index is 15.2. The highest BCUT2D eigenvalue weighted by Gasteiger charge is 2.42. The van der Waals surface area contributed by atoms with Crippen LogP contribution in [0.5, 0.6) is 5.75 Å². The van der Waals surface area contributed by atoms with Gasteiger partial charge in [0.05, 0.1) is 18.8 Å². The Morgan fingerprint density at radius 1 is 0.611 bits per heavy atom. The molecule has 0 fully saturated rings. The Morgan fingerprint density at radius 3 is 1.88 bits per heavy atom. The fourth-order valence-electron chi connectivity index (χ4n) is 12.6. The highest BCUT2D eigenvalue weighted by molar-refractivity contribution is 6.01. The van der Waals surface area contributed by atoms with E-state index in [1.807, 2.05) is 64.1 Å². The second-order valence-electron chi connectivity index (χ2n) is 29.8. The summed E-state index contributed by atoms with van der Waals surface area (Å²) in [5.74, 6) is -11.0. The lowest BCUT2D eigenvalue weighted by molar-refractivity contribution is -0.138. The van der Waals surface area contributed by atoms with Gasteiger partial charge in [-0.2, -0.15) is 0 Å². The Labute approximate surface area is 632 Å². The van der Waals surface area contributed by atoms with Gasteiger partial charge in [-0.25, -0.2) is 0 Å². The van der Waals surface area contributed by atoms with Crippen molar-refractivity contribution in [3.63, 3.8) is 0 Å². The fraction of sp³-hybridized carbons (Fsp3) is 0.557. The summed E-state index contributed by atoms with van der Waals surface area (Å²) in [6.07, 6.45) is 7.88. The number of carbonyl (C=O) groups is 13. The zero-order valence-electron chi connectivity index (χ0n) is 64.2. The van der Waals surface area contributed by atoms with Gasteiger partial charge in [-0.3, -0.25) is 62.3 Å². The summed E-state index contributed by atoms with van der Waals surface area (Å²) in [6.45, 7) is 16.2. The number of H-pyrrole nitrogens is 1. The third-order valence-corrected chi connectivity index (χ3v) is 19.3. The molecule has 2 heterocycles. The van der Waals surface area contributed by atoms with Crippen LogP contribution in [0.1, 0.15) is 183 Å². The van der Waals surface area contributed by atoms with Crippen molar-refractivity contribution in [3.8, 4) is 5.75 Å². The van der Waals surface area contributed by atoms with Crippen LogP contribution >= 0.6 is 0 Å². The third-order valence-electron chi connectivity index (χ3n) is 19.3. The number of phenolic OH excluding ortho intramolecular Hbond substituents is 1. The zero-order valence-corrected chi connectivity index (χ0v) is 64.2. The summed E-state index contributed by atoms with van der Waals surface area (Å²) in [7, 11) is 0. The number of aromatic amines is 1. The second-order valence-corrected chi connectivity index (χ2v) is 29.8. The Balaban J connectivity index is 1.55. The van der Waals surface area contributed by atoms with Gasteiger partial charge in [0.15, 0.2) is 5.78 Å². The summed E-state index contributed by atoms with van der Waals surface area (Å²) in [5.41, 5.74) is 4.19. The number of allylic oxidation sites excluding steroid dienone is 2. The Kier molecular flexibility index (Phi) is 35.3. The van der Waals surface area contributed by atoms with Gasteiger partial charge in [0.25, 0.3) is 0 Å². The van der Waals surface area contributed by atoms with Crippen molar-refractivity contribution in [1.82, 2.24) is 63.5 Å². The largest absolute Gasteiger partial charge is 0.508 e. The molecule has 1 aromatic heterocycles. The number of Topliss-reactive ketones (excluding diaryl/α,β-unsaturated/α-hetero) is 1. The first-order valence-electron chi connectivity index (χ1n) is 37.5. The number of hydrogen-bond donors (Lipinski definition) is 16. The molecule has 29 nitrogen and oxygen atoms in total. The topological polar surface area (TPSA) is 457 Å². The Hall–Kier alpha value is -10.0. The number of primary amides is 1. The van der Waals surface area contributed by atoms with Crippen LogP contribution < -0.4 is 64.2 Å². The van der Waals surface area contributed by atoms with E-state index in [-0.39, 0.29) is 75.4 Å². The van der Waals surface area contributed by atoms with Crippen LogP contribution in [0.2, 0.25) is 0 Å². The van der Waals surface area contributed by atoms with Crippen molar-refractivity contribution in [3.05, 3.63) is 114 Å². The van der Waals surface area contributed by atoms with Crippen LogP contribution in [-0.4, -0.2) is 175 Å². The molecular weight excluding hydrogens is 1390 g/mol. The van der Waals surface area contributed by atoms with Gasteiger partial charge in [-0.1, -0.05) is 126 Å². The van der Waals surface area contributed by atoms with Crippen LogP contribution in [0, 0.1) is 17.8 Å². The van der Waals surface area contributed by atoms with Gasteiger partial charge in [-0.05, 0) is 146 Å². The molecule has 1 aliphatic heterocycles. The van der Waals surface area contributed by atoms with E-state index >= 15 is 19.2 Å². The average Bonchev–Trinajstić information content (AvgIpc) is 1.80. The molecule has 12 amide bonds. The molecule has 0 spiro atoms. The number of aromatic nitrogens is 1. The fourth-order valence-corrected chi connectivity index (χ4v) is 12.6. The van der Waals surface area contributed by atoms with Gasteiger partial charge in [-0.15, -0.1) is 0 Å². The number of aliphatic hydroxyl groups is 2. The number of rotatable bonds is 27. The molecule has 1 aliphatic rings. The van der Waals surface area contributed by atoms with E-state index in [0.29, 0.717) is 68.1 Å². The maximum Gasteiger partial charge on any atom is 0.246 e. The number of phenols is 1. The number of hydrogen-bond acceptors (Lipinski definition) is 16. The van der Waals surface area contributed by atoms with Crippen LogP contribution in [0.25, 0.3) is 10.9 Å². The minimum absolute atomic E-state index is 0.00959. The first kappa shape index (κ1) is 88.6. The molecule has 3 aromatic carbocycles. The van der Waals surface area contributed by atoms with Crippen LogP contribution in [-0.2, 0) is 81.6 Å². The van der Waals surface area contributed by atoms with E-state index in [4.69, 9.17) is 5.73 Å². The number of aliphatic hydroxyl groups excluding tert-OH is 2. The first-order chi connectivity index (χ1) is 51.0. The van der Waals surface area contributed by atoms with E-state index in [9.17, 15) is 58.5 Å². The molecule has 5 rings (SSSR count).